The van der Waals surface area contributed by atoms with E-state index >= 15 is 0 Å². The molecule has 4 rings (SSSR count). The van der Waals surface area contributed by atoms with Crippen LogP contribution in [-0.2, 0) is 6.42 Å². The van der Waals surface area contributed by atoms with Gasteiger partial charge in [-0.25, -0.2) is 0 Å². The van der Waals surface area contributed by atoms with Crippen LogP contribution >= 0.6 is 0 Å². The number of fused-ring (bicyclic) bond motifs is 2. The second-order valence-electron chi connectivity index (χ2n) is 6.99. The summed E-state index contributed by atoms with van der Waals surface area (Å²) in [5, 5.41) is 2.66. The molecule has 1 aliphatic rings. The fourth-order valence-corrected chi connectivity index (χ4v) is 3.67. The summed E-state index contributed by atoms with van der Waals surface area (Å²) < 4.78 is 0. The number of hydrogen-bond donors (Lipinski definition) is 0. The van der Waals surface area contributed by atoms with Crippen LogP contribution in [0.3, 0.4) is 0 Å². The molecule has 0 radical (unpaired) electrons. The second-order valence-corrected chi connectivity index (χ2v) is 6.99. The number of allylic oxidation sites excluding steroid dienone is 1. The van der Waals surface area contributed by atoms with E-state index in [9.17, 15) is 0 Å². The van der Waals surface area contributed by atoms with Crippen LogP contribution < -0.4 is 0 Å². The third-order valence-corrected chi connectivity index (χ3v) is 4.89. The van der Waals surface area contributed by atoms with Crippen molar-refractivity contribution >= 4 is 16.8 Å². The average molecular weight is 298 g/mol. The molecule has 0 heteroatoms. The maximum Gasteiger partial charge on any atom is -0.00603 e. The van der Waals surface area contributed by atoms with Gasteiger partial charge in [-0.2, -0.15) is 0 Å². The Hall–Kier alpha value is -2.34. The molecule has 0 heterocycles. The van der Waals surface area contributed by atoms with Crippen molar-refractivity contribution in [2.45, 2.75) is 33.1 Å². The highest BCUT2D eigenvalue weighted by Gasteiger charge is 2.18. The molecular weight excluding hydrogens is 276 g/mol. The van der Waals surface area contributed by atoms with Crippen LogP contribution in [-0.4, -0.2) is 0 Å². The second kappa shape index (κ2) is 5.38. The summed E-state index contributed by atoms with van der Waals surface area (Å²) in [4.78, 5) is 0. The minimum absolute atomic E-state index is 0.551. The molecule has 0 fully saturated rings. The first-order chi connectivity index (χ1) is 11.1. The van der Waals surface area contributed by atoms with Gasteiger partial charge in [0.05, 0.1) is 0 Å². The van der Waals surface area contributed by atoms with Crippen molar-refractivity contribution in [2.75, 3.05) is 0 Å². The van der Waals surface area contributed by atoms with Gasteiger partial charge < -0.3 is 0 Å². The minimum atomic E-state index is 0.551. The van der Waals surface area contributed by atoms with Crippen molar-refractivity contribution < 1.29 is 0 Å². The Morgan fingerprint density at radius 2 is 1.65 bits per heavy atom. The molecule has 0 N–H and O–H groups in total. The van der Waals surface area contributed by atoms with Crippen LogP contribution in [0.5, 0.6) is 0 Å². The fraction of sp³-hybridized carbons (Fsp3) is 0.217. The highest BCUT2D eigenvalue weighted by atomic mass is 14.2. The average Bonchev–Trinajstić information content (AvgIpc) is 2.93. The van der Waals surface area contributed by atoms with Gasteiger partial charge in [0.1, 0.15) is 0 Å². The highest BCUT2D eigenvalue weighted by Crippen LogP contribution is 2.39. The van der Waals surface area contributed by atoms with Crippen LogP contribution in [0.4, 0.5) is 0 Å². The molecule has 0 spiro atoms. The fourth-order valence-electron chi connectivity index (χ4n) is 3.67. The Kier molecular flexibility index (Phi) is 3.34. The van der Waals surface area contributed by atoms with Crippen molar-refractivity contribution in [3.05, 3.63) is 76.9 Å². The molecule has 1 aliphatic carbocycles. The van der Waals surface area contributed by atoms with Gasteiger partial charge in [-0.1, -0.05) is 80.1 Å². The topological polar surface area (TPSA) is 0 Å². The van der Waals surface area contributed by atoms with E-state index in [0.717, 1.165) is 6.42 Å². The van der Waals surface area contributed by atoms with E-state index in [1.165, 1.54) is 44.2 Å². The van der Waals surface area contributed by atoms with E-state index in [-0.39, 0.29) is 0 Å². The monoisotopic (exact) mass is 298 g/mol. The molecule has 0 aromatic heterocycles. The zero-order valence-electron chi connectivity index (χ0n) is 14.1. The Balaban J connectivity index is 2.04. The summed E-state index contributed by atoms with van der Waals surface area (Å²) in [6, 6.07) is 20.2. The zero-order valence-corrected chi connectivity index (χ0v) is 14.1. The lowest BCUT2D eigenvalue weighted by molar-refractivity contribution is 0.864. The predicted molar refractivity (Wildman–Crippen MR) is 101 cm³/mol. The summed E-state index contributed by atoms with van der Waals surface area (Å²) >= 11 is 0. The van der Waals surface area contributed by atoms with Crippen LogP contribution in [0.2, 0.25) is 0 Å². The van der Waals surface area contributed by atoms with E-state index in [4.69, 9.17) is 0 Å². The van der Waals surface area contributed by atoms with E-state index in [1.807, 2.05) is 0 Å². The quantitative estimate of drug-likeness (QED) is 0.500. The number of rotatable bonds is 2. The van der Waals surface area contributed by atoms with Gasteiger partial charge in [-0.15, -0.1) is 0 Å². The van der Waals surface area contributed by atoms with Crippen LogP contribution in [0, 0.1) is 0 Å². The Bertz CT molecular complexity index is 921. The zero-order chi connectivity index (χ0) is 16.0. The normalized spacial score (nSPS) is 13.5. The largest absolute Gasteiger partial charge is 0.0683 e. The predicted octanol–water partition coefficient (Wildman–Crippen LogP) is 6.59. The molecule has 0 saturated heterocycles. The lowest BCUT2D eigenvalue weighted by atomic mass is 9.89. The molecule has 0 nitrogen and oxygen atoms in total. The molecule has 0 saturated carbocycles. The van der Waals surface area contributed by atoms with Crippen LogP contribution in [0.25, 0.3) is 28.0 Å². The lowest BCUT2D eigenvalue weighted by Crippen LogP contribution is -1.95. The summed E-state index contributed by atoms with van der Waals surface area (Å²) in [7, 11) is 0. The van der Waals surface area contributed by atoms with Crippen molar-refractivity contribution in [1.29, 1.82) is 0 Å². The van der Waals surface area contributed by atoms with Gasteiger partial charge in [0, 0.05) is 0 Å². The van der Waals surface area contributed by atoms with Crippen LogP contribution in [0.15, 0.2) is 60.2 Å². The van der Waals surface area contributed by atoms with Gasteiger partial charge in [-0.05, 0) is 57.9 Å². The molecule has 114 valence electrons. The van der Waals surface area contributed by atoms with Crippen molar-refractivity contribution in [1.82, 2.24) is 0 Å². The van der Waals surface area contributed by atoms with E-state index in [0.29, 0.717) is 5.92 Å². The lowest BCUT2D eigenvalue weighted by Gasteiger charge is -2.15. The first kappa shape index (κ1) is 14.3. The first-order valence-electron chi connectivity index (χ1n) is 8.45. The third kappa shape index (κ3) is 2.39. The SMILES string of the molecule is CC1=Cc2c(cc(C(C)C)cc2-c2cccc3ccccc23)C1. The van der Waals surface area contributed by atoms with Gasteiger partial charge in [0.2, 0.25) is 0 Å². The molecule has 0 unspecified atom stereocenters. The molecule has 0 aliphatic heterocycles. The summed E-state index contributed by atoms with van der Waals surface area (Å²) in [6.07, 6.45) is 3.46. The molecule has 3 aromatic rings. The summed E-state index contributed by atoms with van der Waals surface area (Å²) in [5.74, 6) is 0.551. The maximum absolute atomic E-state index is 2.40. The van der Waals surface area contributed by atoms with Gasteiger partial charge >= 0.3 is 0 Å². The Morgan fingerprint density at radius 3 is 2.48 bits per heavy atom. The molecular formula is C23H22. The number of hydrogen-bond acceptors (Lipinski definition) is 0. The molecule has 0 bridgehead atoms. The smallest absolute Gasteiger partial charge is 0.00603 e. The summed E-state index contributed by atoms with van der Waals surface area (Å²) in [5.41, 5.74) is 8.55. The first-order valence-corrected chi connectivity index (χ1v) is 8.45. The van der Waals surface area contributed by atoms with Gasteiger partial charge in [-0.3, -0.25) is 0 Å². The number of benzene rings is 3. The Labute approximate surface area is 138 Å². The van der Waals surface area contributed by atoms with E-state index in [2.05, 4.69) is 81.4 Å². The van der Waals surface area contributed by atoms with Gasteiger partial charge in [0.15, 0.2) is 0 Å². The Morgan fingerprint density at radius 1 is 0.870 bits per heavy atom. The van der Waals surface area contributed by atoms with Gasteiger partial charge in [0.25, 0.3) is 0 Å². The maximum atomic E-state index is 2.40. The third-order valence-electron chi connectivity index (χ3n) is 4.89. The van der Waals surface area contributed by atoms with Crippen molar-refractivity contribution in [3.8, 4) is 11.1 Å². The van der Waals surface area contributed by atoms with E-state index in [1.54, 1.807) is 0 Å². The van der Waals surface area contributed by atoms with Crippen molar-refractivity contribution in [2.24, 2.45) is 0 Å². The van der Waals surface area contributed by atoms with Crippen molar-refractivity contribution in [3.63, 3.8) is 0 Å². The molecule has 0 amide bonds. The molecule has 23 heavy (non-hydrogen) atoms. The molecule has 0 atom stereocenters. The van der Waals surface area contributed by atoms with Crippen LogP contribution in [0.1, 0.15) is 43.4 Å². The van der Waals surface area contributed by atoms with E-state index < -0.39 is 0 Å². The highest BCUT2D eigenvalue weighted by molar-refractivity contribution is 5.99. The standard InChI is InChI=1S/C23H22/c1-15(2)18-13-19-11-16(3)12-22(19)23(14-18)21-10-6-8-17-7-4-5-9-20(17)21/h4-10,12-15H,11H2,1-3H3. The minimum Gasteiger partial charge on any atom is -0.0683 e. The summed E-state index contributed by atoms with van der Waals surface area (Å²) in [6.45, 7) is 6.80. The molecule has 3 aromatic carbocycles.